The molecular weight excluding hydrogens is 430 g/mol. The fourth-order valence-electron chi connectivity index (χ4n) is 3.66. The van der Waals surface area contributed by atoms with Gasteiger partial charge < -0.3 is 14.6 Å². The van der Waals surface area contributed by atoms with Gasteiger partial charge in [-0.2, -0.15) is 10.1 Å². The number of rotatable bonds is 7. The Morgan fingerprint density at radius 2 is 1.82 bits per heavy atom. The van der Waals surface area contributed by atoms with Gasteiger partial charge in [0, 0.05) is 24.5 Å². The maximum atomic E-state index is 12.9. The van der Waals surface area contributed by atoms with E-state index >= 15 is 0 Å². The summed E-state index contributed by atoms with van der Waals surface area (Å²) in [5.74, 6) is 1.45. The minimum atomic E-state index is -0.320. The normalized spacial score (nSPS) is 11.0. The number of hydrogen-bond donors (Lipinski definition) is 1. The number of imidazole rings is 1. The lowest BCUT2D eigenvalue weighted by Gasteiger charge is -2.15. The van der Waals surface area contributed by atoms with E-state index in [-0.39, 0.29) is 5.56 Å². The zero-order valence-corrected chi connectivity index (χ0v) is 18.8. The van der Waals surface area contributed by atoms with Crippen LogP contribution in [0.5, 0.6) is 11.6 Å². The summed E-state index contributed by atoms with van der Waals surface area (Å²) in [6.07, 6.45) is 3.27. The highest BCUT2D eigenvalue weighted by atomic mass is 16.5. The van der Waals surface area contributed by atoms with Crippen LogP contribution in [0.1, 0.15) is 18.1 Å². The van der Waals surface area contributed by atoms with E-state index in [9.17, 15) is 4.79 Å². The van der Waals surface area contributed by atoms with E-state index in [0.717, 1.165) is 11.3 Å². The van der Waals surface area contributed by atoms with Crippen LogP contribution in [-0.2, 0) is 13.1 Å². The standard InChI is InChI=1S/C25H23N7O2/c1-3-31-16-26-23-22(31)24(33)29-25(32(23)15-18-8-6-17(2)7-9-18)28-19-10-12-20(13-11-19)34-21-5-4-14-27-30-21/h4-14,16H,3,15H2,1-2H3,(H,28,29,33). The van der Waals surface area contributed by atoms with Gasteiger partial charge in [-0.15, -0.1) is 5.10 Å². The minimum absolute atomic E-state index is 0.320. The lowest BCUT2D eigenvalue weighted by atomic mass is 10.1. The lowest BCUT2D eigenvalue weighted by molar-refractivity contribution is 0.455. The summed E-state index contributed by atoms with van der Waals surface area (Å²) >= 11 is 0. The Hall–Kier alpha value is -4.53. The van der Waals surface area contributed by atoms with Gasteiger partial charge in [-0.05, 0) is 49.7 Å². The number of aryl methyl sites for hydroxylation is 2. The summed E-state index contributed by atoms with van der Waals surface area (Å²) in [5, 5.41) is 11.0. The van der Waals surface area contributed by atoms with Crippen molar-refractivity contribution in [2.75, 3.05) is 5.32 Å². The smallest absolute Gasteiger partial charge is 0.300 e. The first kappa shape index (κ1) is 21.3. The van der Waals surface area contributed by atoms with E-state index in [4.69, 9.17) is 4.74 Å². The van der Waals surface area contributed by atoms with Crippen molar-refractivity contribution >= 4 is 22.8 Å². The van der Waals surface area contributed by atoms with Crippen LogP contribution in [0.15, 0.2) is 78.0 Å². The molecule has 9 heteroatoms. The number of nitrogens with zero attached hydrogens (tertiary/aromatic N) is 6. The topological polar surface area (TPSA) is 99.8 Å². The van der Waals surface area contributed by atoms with Crippen LogP contribution in [0.3, 0.4) is 0 Å². The summed E-state index contributed by atoms with van der Waals surface area (Å²) in [6, 6.07) is 19.1. The predicted octanol–water partition coefficient (Wildman–Crippen LogP) is 4.30. The van der Waals surface area contributed by atoms with Crippen LogP contribution in [0.4, 0.5) is 11.6 Å². The number of aromatic nitrogens is 6. The maximum Gasteiger partial charge on any atom is 0.300 e. The average Bonchev–Trinajstić information content (AvgIpc) is 3.30. The van der Waals surface area contributed by atoms with E-state index in [1.807, 2.05) is 40.3 Å². The second-order valence-corrected chi connectivity index (χ2v) is 7.83. The third-order valence-electron chi connectivity index (χ3n) is 5.42. The van der Waals surface area contributed by atoms with Gasteiger partial charge in [0.1, 0.15) is 5.75 Å². The molecule has 0 unspecified atom stereocenters. The van der Waals surface area contributed by atoms with Crippen molar-refractivity contribution in [3.05, 3.63) is 94.7 Å². The molecule has 0 bridgehead atoms. The highest BCUT2D eigenvalue weighted by Gasteiger charge is 2.16. The van der Waals surface area contributed by atoms with Crippen LogP contribution in [0.25, 0.3) is 11.2 Å². The Bertz CT molecular complexity index is 1470. The van der Waals surface area contributed by atoms with Crippen molar-refractivity contribution in [1.82, 2.24) is 29.3 Å². The van der Waals surface area contributed by atoms with Crippen molar-refractivity contribution in [3.63, 3.8) is 0 Å². The van der Waals surface area contributed by atoms with Crippen molar-refractivity contribution in [2.45, 2.75) is 26.9 Å². The molecule has 5 rings (SSSR count). The summed E-state index contributed by atoms with van der Waals surface area (Å²) in [7, 11) is 0. The fraction of sp³-hybridized carbons (Fsp3) is 0.160. The van der Waals surface area contributed by atoms with E-state index in [1.165, 1.54) is 5.56 Å². The van der Waals surface area contributed by atoms with Gasteiger partial charge in [0.2, 0.25) is 11.8 Å². The van der Waals surface area contributed by atoms with E-state index in [2.05, 4.69) is 56.7 Å². The molecule has 0 spiro atoms. The van der Waals surface area contributed by atoms with Crippen molar-refractivity contribution < 1.29 is 4.74 Å². The van der Waals surface area contributed by atoms with Gasteiger partial charge >= 0.3 is 5.56 Å². The lowest BCUT2D eigenvalue weighted by Crippen LogP contribution is -2.20. The largest absolute Gasteiger partial charge is 0.438 e. The quantitative estimate of drug-likeness (QED) is 0.392. The van der Waals surface area contributed by atoms with Gasteiger partial charge in [0.15, 0.2) is 11.2 Å². The Morgan fingerprint density at radius 3 is 2.53 bits per heavy atom. The van der Waals surface area contributed by atoms with Gasteiger partial charge in [-0.25, -0.2) is 4.98 Å². The van der Waals surface area contributed by atoms with Crippen molar-refractivity contribution in [3.8, 4) is 11.6 Å². The maximum absolute atomic E-state index is 12.9. The van der Waals surface area contributed by atoms with Crippen LogP contribution < -0.4 is 15.6 Å². The summed E-state index contributed by atoms with van der Waals surface area (Å²) in [5.41, 5.74) is 3.79. The van der Waals surface area contributed by atoms with E-state index in [1.54, 1.807) is 24.7 Å². The molecule has 5 aromatic rings. The highest BCUT2D eigenvalue weighted by molar-refractivity contribution is 5.73. The Labute approximate surface area is 195 Å². The minimum Gasteiger partial charge on any atom is -0.438 e. The Morgan fingerprint density at radius 1 is 1.03 bits per heavy atom. The molecule has 0 radical (unpaired) electrons. The first-order valence-corrected chi connectivity index (χ1v) is 10.9. The molecule has 34 heavy (non-hydrogen) atoms. The molecule has 0 amide bonds. The second-order valence-electron chi connectivity index (χ2n) is 7.83. The number of hydrogen-bond acceptors (Lipinski definition) is 7. The second kappa shape index (κ2) is 9.14. The van der Waals surface area contributed by atoms with Crippen molar-refractivity contribution in [2.24, 2.45) is 0 Å². The molecule has 9 nitrogen and oxygen atoms in total. The number of benzene rings is 2. The molecular formula is C25H23N7O2. The van der Waals surface area contributed by atoms with Crippen LogP contribution in [0.2, 0.25) is 0 Å². The fourth-order valence-corrected chi connectivity index (χ4v) is 3.66. The monoisotopic (exact) mass is 453 g/mol. The molecule has 1 N–H and O–H groups in total. The first-order chi connectivity index (χ1) is 16.6. The van der Waals surface area contributed by atoms with E-state index < -0.39 is 0 Å². The number of anilines is 2. The SMILES string of the molecule is CCn1cnc2c1c(=O)nc(Nc1ccc(Oc3cccnn3)cc1)n2Cc1ccc(C)cc1. The molecule has 3 aromatic heterocycles. The zero-order valence-electron chi connectivity index (χ0n) is 18.8. The number of ether oxygens (including phenoxy) is 1. The van der Waals surface area contributed by atoms with Gasteiger partial charge in [-0.3, -0.25) is 9.36 Å². The van der Waals surface area contributed by atoms with Gasteiger partial charge in [0.05, 0.1) is 12.9 Å². The molecule has 0 saturated carbocycles. The number of nitrogens with one attached hydrogen (secondary N) is 1. The molecule has 0 saturated heterocycles. The zero-order chi connectivity index (χ0) is 23.5. The molecule has 0 fully saturated rings. The molecule has 2 aromatic carbocycles. The highest BCUT2D eigenvalue weighted by Crippen LogP contribution is 2.24. The summed E-state index contributed by atoms with van der Waals surface area (Å²) < 4.78 is 9.45. The summed E-state index contributed by atoms with van der Waals surface area (Å²) in [6.45, 7) is 5.18. The number of fused-ring (bicyclic) bond motifs is 1. The van der Waals surface area contributed by atoms with E-state index in [0.29, 0.717) is 41.8 Å². The van der Waals surface area contributed by atoms with Crippen LogP contribution >= 0.6 is 0 Å². The first-order valence-electron chi connectivity index (χ1n) is 10.9. The van der Waals surface area contributed by atoms with Gasteiger partial charge in [0.25, 0.3) is 0 Å². The molecule has 0 aliphatic heterocycles. The average molecular weight is 454 g/mol. The Kier molecular flexibility index (Phi) is 5.73. The molecule has 0 atom stereocenters. The van der Waals surface area contributed by atoms with Crippen LogP contribution in [0, 0.1) is 6.92 Å². The third kappa shape index (κ3) is 4.36. The molecule has 3 heterocycles. The summed E-state index contributed by atoms with van der Waals surface area (Å²) in [4.78, 5) is 21.8. The molecule has 0 aliphatic rings. The van der Waals surface area contributed by atoms with Crippen LogP contribution in [-0.4, -0.2) is 29.3 Å². The molecule has 170 valence electrons. The van der Waals surface area contributed by atoms with Crippen molar-refractivity contribution in [1.29, 1.82) is 0 Å². The Balaban J connectivity index is 1.49. The third-order valence-corrected chi connectivity index (χ3v) is 5.42. The predicted molar refractivity (Wildman–Crippen MR) is 130 cm³/mol. The molecule has 0 aliphatic carbocycles. The van der Waals surface area contributed by atoms with Gasteiger partial charge in [-0.1, -0.05) is 29.8 Å².